The molecule has 35 heavy (non-hydrogen) atoms. The lowest BCUT2D eigenvalue weighted by Gasteiger charge is -2.30. The van der Waals surface area contributed by atoms with Crippen LogP contribution < -0.4 is 5.32 Å². The quantitative estimate of drug-likeness (QED) is 0.634. The molecule has 2 amide bonds. The number of nitrogens with zero attached hydrogens (tertiary/aromatic N) is 1. The van der Waals surface area contributed by atoms with Gasteiger partial charge < -0.3 is 20.1 Å². The molecule has 3 aliphatic rings. The number of hydrogen-bond acceptors (Lipinski definition) is 4. The number of carbonyl (C=O) groups excluding carboxylic acids is 2. The van der Waals surface area contributed by atoms with E-state index in [2.05, 4.69) is 29.6 Å². The van der Waals surface area contributed by atoms with Crippen LogP contribution in [0.3, 0.4) is 0 Å². The van der Waals surface area contributed by atoms with E-state index in [0.717, 1.165) is 11.1 Å². The Labute approximate surface area is 204 Å². The van der Waals surface area contributed by atoms with Gasteiger partial charge in [-0.05, 0) is 47.4 Å². The Balaban J connectivity index is 1.19. The predicted octanol–water partition coefficient (Wildman–Crippen LogP) is 4.18. The second kappa shape index (κ2) is 9.56. The van der Waals surface area contributed by atoms with Crippen molar-refractivity contribution in [3.63, 3.8) is 0 Å². The van der Waals surface area contributed by atoms with Gasteiger partial charge in [-0.15, -0.1) is 0 Å². The number of likely N-dealkylation sites (tertiary alicyclic amines) is 1. The summed E-state index contributed by atoms with van der Waals surface area (Å²) in [6, 6.07) is 15.2. The molecule has 1 saturated heterocycles. The van der Waals surface area contributed by atoms with E-state index in [1.165, 1.54) is 16.0 Å². The summed E-state index contributed by atoms with van der Waals surface area (Å²) in [6.07, 6.45) is 4.90. The Morgan fingerprint density at radius 1 is 1.06 bits per heavy atom. The number of carboxylic acids is 1. The largest absolute Gasteiger partial charge is 0.480 e. The second-order valence-corrected chi connectivity index (χ2v) is 9.75. The zero-order valence-corrected chi connectivity index (χ0v) is 19.7. The van der Waals surface area contributed by atoms with Crippen molar-refractivity contribution in [2.24, 2.45) is 11.8 Å². The Morgan fingerprint density at radius 2 is 1.71 bits per heavy atom. The minimum absolute atomic E-state index is 0.0190. The average Bonchev–Trinajstić information content (AvgIpc) is 3.40. The molecule has 0 radical (unpaired) electrons. The van der Waals surface area contributed by atoms with Gasteiger partial charge in [-0.3, -0.25) is 4.79 Å². The maximum absolute atomic E-state index is 13.1. The van der Waals surface area contributed by atoms with E-state index in [4.69, 9.17) is 4.74 Å². The fourth-order valence-electron chi connectivity index (χ4n) is 5.79. The van der Waals surface area contributed by atoms with Crippen molar-refractivity contribution < 1.29 is 24.2 Å². The van der Waals surface area contributed by atoms with Crippen LogP contribution in [-0.2, 0) is 14.3 Å². The molecule has 7 nitrogen and oxygen atoms in total. The predicted molar refractivity (Wildman–Crippen MR) is 131 cm³/mol. The van der Waals surface area contributed by atoms with Gasteiger partial charge in [0.1, 0.15) is 12.6 Å². The Morgan fingerprint density at radius 3 is 2.37 bits per heavy atom. The lowest BCUT2D eigenvalue weighted by atomic mass is 9.89. The first-order valence-electron chi connectivity index (χ1n) is 12.3. The summed E-state index contributed by atoms with van der Waals surface area (Å²) >= 11 is 0. The summed E-state index contributed by atoms with van der Waals surface area (Å²) in [5.41, 5.74) is 4.64. The number of ether oxygens (including phenoxy) is 1. The lowest BCUT2D eigenvalue weighted by Crippen LogP contribution is -2.47. The number of allylic oxidation sites excluding steroid dienone is 1. The second-order valence-electron chi connectivity index (χ2n) is 9.75. The van der Waals surface area contributed by atoms with Crippen molar-refractivity contribution in [1.82, 2.24) is 10.2 Å². The molecule has 182 valence electrons. The highest BCUT2D eigenvalue weighted by molar-refractivity contribution is 5.86. The van der Waals surface area contributed by atoms with E-state index in [1.54, 1.807) is 0 Å². The monoisotopic (exact) mass is 474 g/mol. The summed E-state index contributed by atoms with van der Waals surface area (Å²) in [5.74, 6) is -1.54. The van der Waals surface area contributed by atoms with Crippen LogP contribution in [0.2, 0.25) is 0 Å². The van der Waals surface area contributed by atoms with Crippen molar-refractivity contribution in [1.29, 1.82) is 0 Å². The third-order valence-electron chi connectivity index (χ3n) is 7.56. The van der Waals surface area contributed by atoms with Crippen molar-refractivity contribution in [3.05, 3.63) is 71.8 Å². The lowest BCUT2D eigenvalue weighted by molar-refractivity contribution is -0.151. The summed E-state index contributed by atoms with van der Waals surface area (Å²) in [7, 11) is 0. The van der Waals surface area contributed by atoms with Gasteiger partial charge in [-0.1, -0.05) is 67.6 Å². The van der Waals surface area contributed by atoms with Crippen molar-refractivity contribution in [2.45, 2.75) is 44.2 Å². The first-order chi connectivity index (χ1) is 16.9. The van der Waals surface area contributed by atoms with Crippen LogP contribution in [0.5, 0.6) is 0 Å². The molecule has 1 aliphatic heterocycles. The normalized spacial score (nSPS) is 25.1. The summed E-state index contributed by atoms with van der Waals surface area (Å²) in [6.45, 7) is 2.56. The van der Waals surface area contributed by atoms with Crippen LogP contribution in [0.15, 0.2) is 60.7 Å². The first kappa shape index (κ1) is 23.1. The van der Waals surface area contributed by atoms with Gasteiger partial charge in [-0.2, -0.15) is 0 Å². The Kier molecular flexibility index (Phi) is 6.32. The summed E-state index contributed by atoms with van der Waals surface area (Å²) < 4.78 is 5.64. The molecular weight excluding hydrogens is 444 g/mol. The molecule has 5 rings (SSSR count). The third kappa shape index (κ3) is 4.43. The molecule has 2 aromatic carbocycles. The topological polar surface area (TPSA) is 95.9 Å². The van der Waals surface area contributed by atoms with Gasteiger partial charge in [-0.25, -0.2) is 9.59 Å². The number of nitrogens with one attached hydrogen (secondary N) is 1. The minimum atomic E-state index is -0.956. The van der Waals surface area contributed by atoms with E-state index in [0.29, 0.717) is 25.8 Å². The number of alkyl carbamates (subject to hydrolysis) is 1. The number of benzene rings is 2. The van der Waals surface area contributed by atoms with Gasteiger partial charge in [0.2, 0.25) is 5.91 Å². The number of carbonyl (C=O) groups is 3. The smallest absolute Gasteiger partial charge is 0.407 e. The highest BCUT2D eigenvalue weighted by Gasteiger charge is 2.42. The van der Waals surface area contributed by atoms with E-state index in [-0.39, 0.29) is 36.3 Å². The Hall–Kier alpha value is -3.61. The van der Waals surface area contributed by atoms with Crippen LogP contribution in [0.4, 0.5) is 4.79 Å². The molecule has 7 heteroatoms. The van der Waals surface area contributed by atoms with Gasteiger partial charge in [0, 0.05) is 18.4 Å². The molecule has 4 unspecified atom stereocenters. The van der Waals surface area contributed by atoms with Crippen LogP contribution >= 0.6 is 0 Å². The van der Waals surface area contributed by atoms with Gasteiger partial charge in [0.15, 0.2) is 0 Å². The van der Waals surface area contributed by atoms with Crippen molar-refractivity contribution in [3.8, 4) is 11.1 Å². The molecule has 1 fully saturated rings. The van der Waals surface area contributed by atoms with Crippen molar-refractivity contribution in [2.75, 3.05) is 13.2 Å². The van der Waals surface area contributed by atoms with Gasteiger partial charge in [0.05, 0.1) is 6.04 Å². The Bertz CT molecular complexity index is 1130. The number of amides is 2. The number of hydrogen-bond donors (Lipinski definition) is 2. The number of carboxylic acid groups (broad SMARTS) is 1. The zero-order chi connectivity index (χ0) is 24.5. The summed E-state index contributed by atoms with van der Waals surface area (Å²) in [4.78, 5) is 39.0. The van der Waals surface area contributed by atoms with Crippen molar-refractivity contribution >= 4 is 18.0 Å². The molecule has 2 aliphatic carbocycles. The summed E-state index contributed by atoms with van der Waals surface area (Å²) in [5, 5.41) is 12.4. The van der Waals surface area contributed by atoms with Crippen LogP contribution in [-0.4, -0.2) is 53.2 Å². The van der Waals surface area contributed by atoms with E-state index >= 15 is 0 Å². The molecule has 0 spiro atoms. The number of rotatable bonds is 5. The van der Waals surface area contributed by atoms with Crippen LogP contribution in [0.25, 0.3) is 11.1 Å². The first-order valence-corrected chi connectivity index (χ1v) is 12.3. The molecule has 2 aromatic rings. The molecule has 4 atom stereocenters. The molecule has 0 saturated carbocycles. The van der Waals surface area contributed by atoms with Crippen LogP contribution in [0.1, 0.15) is 43.2 Å². The maximum atomic E-state index is 13.1. The number of aliphatic carboxylic acids is 1. The molecule has 1 heterocycles. The van der Waals surface area contributed by atoms with E-state index < -0.39 is 18.1 Å². The number of fused-ring (bicyclic) bond motifs is 3. The highest BCUT2D eigenvalue weighted by atomic mass is 16.5. The standard InChI is InChI=1S/C28H30N2O5/c1-17-13-14-30(25(17)27(32)33)26(31)18-7-6-8-19(15-18)29-28(34)35-16-24-22-11-4-2-9-20(22)21-10-3-5-12-23(21)24/h2-6,8-12,17-19,24-25H,7,13-16H2,1H3,(H,29,34)(H,32,33). The van der Waals surface area contributed by atoms with Gasteiger partial charge in [0.25, 0.3) is 0 Å². The fraction of sp³-hybridized carbons (Fsp3) is 0.393. The zero-order valence-electron chi connectivity index (χ0n) is 19.7. The molecule has 0 bridgehead atoms. The third-order valence-corrected chi connectivity index (χ3v) is 7.56. The average molecular weight is 475 g/mol. The highest BCUT2D eigenvalue weighted by Crippen LogP contribution is 2.44. The van der Waals surface area contributed by atoms with E-state index in [9.17, 15) is 19.5 Å². The fourth-order valence-corrected chi connectivity index (χ4v) is 5.79. The molecule has 0 aromatic heterocycles. The van der Waals surface area contributed by atoms with E-state index in [1.807, 2.05) is 43.3 Å². The minimum Gasteiger partial charge on any atom is -0.480 e. The maximum Gasteiger partial charge on any atom is 0.407 e. The molecular formula is C28H30N2O5. The van der Waals surface area contributed by atoms with Gasteiger partial charge >= 0.3 is 12.1 Å². The SMILES string of the molecule is CC1CCN(C(=O)C2CC=CC(NC(=O)OCC3c4ccccc4-c4ccccc43)C2)C1C(=O)O. The molecule has 2 N–H and O–H groups in total. The van der Waals surface area contributed by atoms with Crippen LogP contribution in [0, 0.1) is 11.8 Å².